The average molecular weight is 232 g/mol. The van der Waals surface area contributed by atoms with E-state index in [9.17, 15) is 4.39 Å². The van der Waals surface area contributed by atoms with E-state index in [1.807, 2.05) is 13.8 Å². The maximum atomic E-state index is 13.1. The summed E-state index contributed by atoms with van der Waals surface area (Å²) in [5.74, 6) is -1.16. The van der Waals surface area contributed by atoms with Gasteiger partial charge >= 0.3 is 0 Å². The van der Waals surface area contributed by atoms with Crippen LogP contribution in [0.3, 0.4) is 0 Å². The van der Waals surface area contributed by atoms with E-state index in [1.165, 1.54) is 12.3 Å². The van der Waals surface area contributed by atoms with E-state index in [4.69, 9.17) is 21.1 Å². The van der Waals surface area contributed by atoms with Crippen molar-refractivity contribution in [3.05, 3.63) is 28.8 Å². The zero-order chi connectivity index (χ0) is 11.1. The van der Waals surface area contributed by atoms with Crippen LogP contribution in [0.2, 0.25) is 5.15 Å². The first-order valence-corrected chi connectivity index (χ1v) is 4.98. The summed E-state index contributed by atoms with van der Waals surface area (Å²) < 4.78 is 24.1. The van der Waals surface area contributed by atoms with E-state index in [0.717, 1.165) is 0 Å². The average Bonchev–Trinajstić information content (AvgIpc) is 2.51. The van der Waals surface area contributed by atoms with Crippen LogP contribution in [0.5, 0.6) is 0 Å². The van der Waals surface area contributed by atoms with Crippen molar-refractivity contribution in [2.45, 2.75) is 25.7 Å². The molecule has 0 aliphatic carbocycles. The van der Waals surface area contributed by atoms with Crippen molar-refractivity contribution in [1.29, 1.82) is 0 Å². The third kappa shape index (κ3) is 2.27. The first-order valence-electron chi connectivity index (χ1n) is 4.61. The van der Waals surface area contributed by atoms with Crippen molar-refractivity contribution < 1.29 is 13.9 Å². The monoisotopic (exact) mass is 231 g/mol. The molecule has 0 amide bonds. The Labute approximate surface area is 92.2 Å². The molecule has 1 atom stereocenters. The van der Waals surface area contributed by atoms with Gasteiger partial charge in [0.05, 0.1) is 6.61 Å². The molecule has 1 aliphatic heterocycles. The molecular weight excluding hydrogens is 221 g/mol. The third-order valence-corrected chi connectivity index (χ3v) is 2.48. The lowest BCUT2D eigenvalue weighted by atomic mass is 10.2. The number of hydrogen-bond donors (Lipinski definition) is 0. The van der Waals surface area contributed by atoms with Crippen LogP contribution >= 0.6 is 11.6 Å². The largest absolute Gasteiger partial charge is 0.347 e. The zero-order valence-electron chi connectivity index (χ0n) is 8.46. The summed E-state index contributed by atoms with van der Waals surface area (Å²) in [4.78, 5) is 3.73. The van der Waals surface area contributed by atoms with Crippen molar-refractivity contribution in [2.24, 2.45) is 0 Å². The van der Waals surface area contributed by atoms with Crippen LogP contribution in [0.4, 0.5) is 4.39 Å². The lowest BCUT2D eigenvalue weighted by molar-refractivity contribution is -0.139. The standard InChI is InChI=1S/C10H11ClFNO2/c1-10(2)14-5-8(15-10)6-3-7(12)9(11)13-4-6/h3-4,8H,5H2,1-2H3/t8-/m1/s1. The molecule has 0 bridgehead atoms. The summed E-state index contributed by atoms with van der Waals surface area (Å²) in [5.41, 5.74) is 0.641. The molecule has 3 nitrogen and oxygen atoms in total. The lowest BCUT2D eigenvalue weighted by Crippen LogP contribution is -2.19. The Morgan fingerprint density at radius 3 is 2.87 bits per heavy atom. The first kappa shape index (κ1) is 10.8. The van der Waals surface area contributed by atoms with Crippen LogP contribution in [0, 0.1) is 5.82 Å². The first-order chi connectivity index (χ1) is 6.98. The maximum Gasteiger partial charge on any atom is 0.164 e. The maximum absolute atomic E-state index is 13.1. The molecule has 1 fully saturated rings. The number of rotatable bonds is 1. The van der Waals surface area contributed by atoms with Gasteiger partial charge in [-0.3, -0.25) is 0 Å². The van der Waals surface area contributed by atoms with Gasteiger partial charge in [-0.1, -0.05) is 11.6 Å². The van der Waals surface area contributed by atoms with Crippen molar-refractivity contribution in [1.82, 2.24) is 4.98 Å². The van der Waals surface area contributed by atoms with Gasteiger partial charge in [0.25, 0.3) is 0 Å². The highest BCUT2D eigenvalue weighted by atomic mass is 35.5. The molecular formula is C10H11ClFNO2. The Balaban J connectivity index is 2.21. The predicted octanol–water partition coefficient (Wildman–Crippen LogP) is 2.70. The molecule has 82 valence electrons. The molecule has 0 aromatic carbocycles. The minimum atomic E-state index is -0.624. The van der Waals surface area contributed by atoms with Gasteiger partial charge in [-0.25, -0.2) is 9.37 Å². The fraction of sp³-hybridized carbons (Fsp3) is 0.500. The van der Waals surface area contributed by atoms with Gasteiger partial charge in [-0.15, -0.1) is 0 Å². The highest BCUT2D eigenvalue weighted by Crippen LogP contribution is 2.33. The number of aromatic nitrogens is 1. The molecule has 15 heavy (non-hydrogen) atoms. The Morgan fingerprint density at radius 1 is 1.60 bits per heavy atom. The fourth-order valence-corrected chi connectivity index (χ4v) is 1.57. The SMILES string of the molecule is CC1(C)OC[C@H](c2cnc(Cl)c(F)c2)O1. The van der Waals surface area contributed by atoms with Crippen LogP contribution in [0.1, 0.15) is 25.5 Å². The summed E-state index contributed by atoms with van der Waals surface area (Å²) in [5, 5.41) is -0.128. The topological polar surface area (TPSA) is 31.4 Å². The Kier molecular flexibility index (Phi) is 2.66. The van der Waals surface area contributed by atoms with Crippen molar-refractivity contribution in [3.8, 4) is 0 Å². The summed E-state index contributed by atoms with van der Waals surface area (Å²) >= 11 is 5.49. The van der Waals surface area contributed by atoms with Gasteiger partial charge in [0, 0.05) is 11.8 Å². The number of hydrogen-bond acceptors (Lipinski definition) is 3. The third-order valence-electron chi connectivity index (χ3n) is 2.20. The van der Waals surface area contributed by atoms with Crippen LogP contribution < -0.4 is 0 Å². The van der Waals surface area contributed by atoms with E-state index in [-0.39, 0.29) is 11.3 Å². The molecule has 1 aromatic rings. The second kappa shape index (κ2) is 3.70. The van der Waals surface area contributed by atoms with Crippen LogP contribution in [-0.4, -0.2) is 17.4 Å². The Bertz CT molecular complexity index is 384. The van der Waals surface area contributed by atoms with E-state index >= 15 is 0 Å². The molecule has 1 aromatic heterocycles. The van der Waals surface area contributed by atoms with E-state index in [0.29, 0.717) is 12.2 Å². The molecule has 0 spiro atoms. The van der Waals surface area contributed by atoms with Crippen molar-refractivity contribution in [3.63, 3.8) is 0 Å². The zero-order valence-corrected chi connectivity index (χ0v) is 9.21. The Morgan fingerprint density at radius 2 is 2.33 bits per heavy atom. The number of ether oxygens (including phenoxy) is 2. The summed E-state index contributed by atoms with van der Waals surface area (Å²) in [6, 6.07) is 1.32. The van der Waals surface area contributed by atoms with E-state index < -0.39 is 11.6 Å². The molecule has 2 rings (SSSR count). The Hall–Kier alpha value is -0.710. The molecule has 0 radical (unpaired) electrons. The number of nitrogens with zero attached hydrogens (tertiary/aromatic N) is 1. The minimum Gasteiger partial charge on any atom is -0.347 e. The van der Waals surface area contributed by atoms with E-state index in [2.05, 4.69) is 4.98 Å². The number of halogens is 2. The summed E-state index contributed by atoms with van der Waals surface area (Å²) in [7, 11) is 0. The molecule has 1 aliphatic rings. The van der Waals surface area contributed by atoms with Gasteiger partial charge in [-0.05, 0) is 19.9 Å². The van der Waals surface area contributed by atoms with Crippen molar-refractivity contribution in [2.75, 3.05) is 6.61 Å². The molecule has 1 saturated heterocycles. The van der Waals surface area contributed by atoms with Crippen molar-refractivity contribution >= 4 is 11.6 Å². The van der Waals surface area contributed by atoms with Crippen LogP contribution in [0.25, 0.3) is 0 Å². The highest BCUT2D eigenvalue weighted by molar-refractivity contribution is 6.29. The van der Waals surface area contributed by atoms with Gasteiger partial charge in [0.1, 0.15) is 6.10 Å². The molecule has 0 unspecified atom stereocenters. The fourth-order valence-electron chi connectivity index (χ4n) is 1.46. The van der Waals surface area contributed by atoms with Crippen LogP contribution in [0.15, 0.2) is 12.3 Å². The minimum absolute atomic E-state index is 0.128. The summed E-state index contributed by atoms with van der Waals surface area (Å²) in [6.07, 6.45) is 1.22. The lowest BCUT2D eigenvalue weighted by Gasteiger charge is -2.17. The smallest absolute Gasteiger partial charge is 0.164 e. The van der Waals surface area contributed by atoms with Crippen LogP contribution in [-0.2, 0) is 9.47 Å². The van der Waals surface area contributed by atoms with Gasteiger partial charge < -0.3 is 9.47 Å². The van der Waals surface area contributed by atoms with E-state index in [1.54, 1.807) is 0 Å². The normalized spacial score (nSPS) is 24.4. The molecule has 0 saturated carbocycles. The molecule has 5 heteroatoms. The second-order valence-electron chi connectivity index (χ2n) is 3.86. The highest BCUT2D eigenvalue weighted by Gasteiger charge is 2.33. The predicted molar refractivity (Wildman–Crippen MR) is 53.1 cm³/mol. The van der Waals surface area contributed by atoms with Gasteiger partial charge in [-0.2, -0.15) is 0 Å². The quantitative estimate of drug-likeness (QED) is 0.697. The summed E-state index contributed by atoms with van der Waals surface area (Å²) in [6.45, 7) is 4.02. The number of pyridine rings is 1. The molecule has 2 heterocycles. The van der Waals surface area contributed by atoms with Gasteiger partial charge in [0.15, 0.2) is 16.8 Å². The second-order valence-corrected chi connectivity index (χ2v) is 4.22. The van der Waals surface area contributed by atoms with Gasteiger partial charge in [0.2, 0.25) is 0 Å². The molecule has 0 N–H and O–H groups in total.